The maximum absolute atomic E-state index is 5.52. The van der Waals surface area contributed by atoms with Gasteiger partial charge in [-0.25, -0.2) is 0 Å². The zero-order valence-electron chi connectivity index (χ0n) is 13.1. The molecule has 1 atom stereocenters. The molecule has 0 saturated carbocycles. The lowest BCUT2D eigenvalue weighted by molar-refractivity contribution is 0.373. The van der Waals surface area contributed by atoms with Crippen LogP contribution < -0.4 is 14.8 Å². The topological polar surface area (TPSA) is 30.5 Å². The Labute approximate surface area is 126 Å². The van der Waals surface area contributed by atoms with Gasteiger partial charge in [-0.3, -0.25) is 0 Å². The number of benzene rings is 2. The van der Waals surface area contributed by atoms with Crippen LogP contribution in [0, 0.1) is 6.92 Å². The molecule has 0 radical (unpaired) electrons. The molecule has 0 aliphatic heterocycles. The number of hydrogen-bond acceptors (Lipinski definition) is 3. The average Bonchev–Trinajstić information content (AvgIpc) is 2.53. The van der Waals surface area contributed by atoms with E-state index in [2.05, 4.69) is 36.5 Å². The van der Waals surface area contributed by atoms with Crippen LogP contribution in [0.25, 0.3) is 0 Å². The van der Waals surface area contributed by atoms with Crippen LogP contribution in [0.5, 0.6) is 11.5 Å². The van der Waals surface area contributed by atoms with Crippen molar-refractivity contribution in [1.82, 2.24) is 5.32 Å². The van der Waals surface area contributed by atoms with Crippen molar-refractivity contribution in [2.45, 2.75) is 19.4 Å². The maximum atomic E-state index is 5.52. The van der Waals surface area contributed by atoms with Gasteiger partial charge in [0.05, 0.1) is 19.8 Å². The number of rotatable bonds is 6. The zero-order chi connectivity index (χ0) is 15.2. The van der Waals surface area contributed by atoms with Crippen molar-refractivity contribution in [2.75, 3.05) is 21.3 Å². The minimum Gasteiger partial charge on any atom is -0.496 e. The van der Waals surface area contributed by atoms with Crippen molar-refractivity contribution in [2.24, 2.45) is 0 Å². The van der Waals surface area contributed by atoms with Gasteiger partial charge < -0.3 is 14.8 Å². The summed E-state index contributed by atoms with van der Waals surface area (Å²) in [6.45, 7) is 2.14. The summed E-state index contributed by atoms with van der Waals surface area (Å²) in [5.74, 6) is 1.70. The Bertz CT molecular complexity index is 573. The van der Waals surface area contributed by atoms with Crippen molar-refractivity contribution >= 4 is 0 Å². The van der Waals surface area contributed by atoms with Gasteiger partial charge in [0.15, 0.2) is 0 Å². The molecule has 0 aromatic heterocycles. The highest BCUT2D eigenvalue weighted by Crippen LogP contribution is 2.35. The van der Waals surface area contributed by atoms with Crippen LogP contribution in [-0.2, 0) is 6.42 Å². The minimum absolute atomic E-state index is 0.136. The second kappa shape index (κ2) is 7.14. The van der Waals surface area contributed by atoms with E-state index in [0.717, 1.165) is 23.5 Å². The van der Waals surface area contributed by atoms with Gasteiger partial charge in [-0.05, 0) is 43.7 Å². The van der Waals surface area contributed by atoms with Crippen LogP contribution in [-0.4, -0.2) is 21.3 Å². The summed E-state index contributed by atoms with van der Waals surface area (Å²) < 4.78 is 11.0. The van der Waals surface area contributed by atoms with E-state index in [4.69, 9.17) is 9.47 Å². The lowest BCUT2D eigenvalue weighted by atomic mass is 9.95. The molecule has 0 heterocycles. The molecule has 1 unspecified atom stereocenters. The molecule has 3 heteroatoms. The minimum atomic E-state index is 0.136. The Kier molecular flexibility index (Phi) is 5.23. The lowest BCUT2D eigenvalue weighted by Crippen LogP contribution is -2.20. The second-order valence-electron chi connectivity index (χ2n) is 5.05. The molecule has 0 fully saturated rings. The number of likely N-dealkylation sites (N-methyl/N-ethyl adjacent to an activating group) is 1. The fourth-order valence-corrected chi connectivity index (χ4v) is 2.63. The van der Waals surface area contributed by atoms with Crippen LogP contribution in [0.2, 0.25) is 0 Å². The molecule has 3 nitrogen and oxygen atoms in total. The highest BCUT2D eigenvalue weighted by molar-refractivity contribution is 5.47. The van der Waals surface area contributed by atoms with Gasteiger partial charge >= 0.3 is 0 Å². The van der Waals surface area contributed by atoms with E-state index >= 15 is 0 Å². The van der Waals surface area contributed by atoms with E-state index in [0.29, 0.717) is 0 Å². The van der Waals surface area contributed by atoms with Crippen LogP contribution in [0.4, 0.5) is 0 Å². The number of ether oxygens (including phenoxy) is 2. The molecule has 0 bridgehead atoms. The van der Waals surface area contributed by atoms with Crippen LogP contribution in [0.1, 0.15) is 22.7 Å². The molecule has 21 heavy (non-hydrogen) atoms. The van der Waals surface area contributed by atoms with Gasteiger partial charge in [-0.2, -0.15) is 0 Å². The molecule has 0 amide bonds. The highest BCUT2D eigenvalue weighted by Gasteiger charge is 2.20. The molecule has 112 valence electrons. The van der Waals surface area contributed by atoms with E-state index in [1.54, 1.807) is 14.2 Å². The van der Waals surface area contributed by atoms with Gasteiger partial charge in [0.1, 0.15) is 11.5 Å². The van der Waals surface area contributed by atoms with Gasteiger partial charge in [0, 0.05) is 6.04 Å². The molecule has 0 saturated heterocycles. The summed E-state index contributed by atoms with van der Waals surface area (Å²) in [6.07, 6.45) is 0.889. The maximum Gasteiger partial charge on any atom is 0.127 e. The fourth-order valence-electron chi connectivity index (χ4n) is 2.63. The zero-order valence-corrected chi connectivity index (χ0v) is 13.1. The van der Waals surface area contributed by atoms with E-state index in [1.807, 2.05) is 25.2 Å². The number of hydrogen-bond donors (Lipinski definition) is 1. The van der Waals surface area contributed by atoms with E-state index in [1.165, 1.54) is 11.1 Å². The van der Waals surface area contributed by atoms with Gasteiger partial charge in [-0.15, -0.1) is 0 Å². The molecule has 2 aromatic rings. The first kappa shape index (κ1) is 15.4. The molecule has 0 spiro atoms. The van der Waals surface area contributed by atoms with Crippen molar-refractivity contribution in [3.05, 3.63) is 59.2 Å². The van der Waals surface area contributed by atoms with E-state index in [-0.39, 0.29) is 6.04 Å². The first-order valence-electron chi connectivity index (χ1n) is 7.14. The Morgan fingerprint density at radius 3 is 2.10 bits per heavy atom. The standard InChI is InChI=1S/C18H23NO2/c1-13-8-5-6-9-14(13)12-15(19-2)18-16(20-3)10-7-11-17(18)21-4/h5-11,15,19H,12H2,1-4H3. The molecular weight excluding hydrogens is 262 g/mol. The third-order valence-electron chi connectivity index (χ3n) is 3.85. The predicted molar refractivity (Wildman–Crippen MR) is 86.2 cm³/mol. The van der Waals surface area contributed by atoms with Gasteiger partial charge in [-0.1, -0.05) is 30.3 Å². The van der Waals surface area contributed by atoms with Crippen molar-refractivity contribution < 1.29 is 9.47 Å². The molecule has 1 N–H and O–H groups in total. The Morgan fingerprint density at radius 2 is 1.57 bits per heavy atom. The Hall–Kier alpha value is -2.00. The molecule has 0 aliphatic carbocycles. The largest absolute Gasteiger partial charge is 0.496 e. The third kappa shape index (κ3) is 3.37. The molecule has 2 aromatic carbocycles. The highest BCUT2D eigenvalue weighted by atomic mass is 16.5. The number of aryl methyl sites for hydroxylation is 1. The molecule has 0 aliphatic rings. The summed E-state index contributed by atoms with van der Waals surface area (Å²) in [7, 11) is 5.35. The fraction of sp³-hybridized carbons (Fsp3) is 0.333. The SMILES string of the molecule is CNC(Cc1ccccc1C)c1c(OC)cccc1OC. The molecular formula is C18H23NO2. The van der Waals surface area contributed by atoms with E-state index < -0.39 is 0 Å². The summed E-state index contributed by atoms with van der Waals surface area (Å²) in [5.41, 5.74) is 3.68. The van der Waals surface area contributed by atoms with Gasteiger partial charge in [0.2, 0.25) is 0 Å². The Balaban J connectivity index is 2.40. The van der Waals surface area contributed by atoms with Crippen molar-refractivity contribution in [1.29, 1.82) is 0 Å². The Morgan fingerprint density at radius 1 is 0.952 bits per heavy atom. The van der Waals surface area contributed by atoms with Crippen LogP contribution in [0.3, 0.4) is 0 Å². The normalized spacial score (nSPS) is 12.0. The third-order valence-corrected chi connectivity index (χ3v) is 3.85. The monoisotopic (exact) mass is 285 g/mol. The summed E-state index contributed by atoms with van der Waals surface area (Å²) in [4.78, 5) is 0. The summed E-state index contributed by atoms with van der Waals surface area (Å²) in [5, 5.41) is 3.38. The molecule has 2 rings (SSSR count). The summed E-state index contributed by atoms with van der Waals surface area (Å²) >= 11 is 0. The van der Waals surface area contributed by atoms with Gasteiger partial charge in [0.25, 0.3) is 0 Å². The smallest absolute Gasteiger partial charge is 0.127 e. The van der Waals surface area contributed by atoms with E-state index in [9.17, 15) is 0 Å². The van der Waals surface area contributed by atoms with Crippen molar-refractivity contribution in [3.63, 3.8) is 0 Å². The number of methoxy groups -OCH3 is 2. The first-order valence-corrected chi connectivity index (χ1v) is 7.14. The summed E-state index contributed by atoms with van der Waals surface area (Å²) in [6, 6.07) is 14.5. The predicted octanol–water partition coefficient (Wildman–Crippen LogP) is 3.52. The first-order chi connectivity index (χ1) is 10.2. The second-order valence-corrected chi connectivity index (χ2v) is 5.05. The average molecular weight is 285 g/mol. The quantitative estimate of drug-likeness (QED) is 0.881. The van der Waals surface area contributed by atoms with Crippen LogP contribution >= 0.6 is 0 Å². The number of nitrogens with one attached hydrogen (secondary N) is 1. The van der Waals surface area contributed by atoms with Crippen molar-refractivity contribution in [3.8, 4) is 11.5 Å². The van der Waals surface area contributed by atoms with Crippen LogP contribution in [0.15, 0.2) is 42.5 Å². The lowest BCUT2D eigenvalue weighted by Gasteiger charge is -2.22.